The van der Waals surface area contributed by atoms with Crippen molar-refractivity contribution in [1.29, 1.82) is 0 Å². The molecule has 2 heterocycles. The molecule has 4 rings (SSSR count). The third kappa shape index (κ3) is 4.03. The van der Waals surface area contributed by atoms with Crippen LogP contribution in [0.5, 0.6) is 0 Å². The van der Waals surface area contributed by atoms with Crippen molar-refractivity contribution in [2.24, 2.45) is 0 Å². The summed E-state index contributed by atoms with van der Waals surface area (Å²) in [6.45, 7) is 3.79. The molecule has 29 heavy (non-hydrogen) atoms. The van der Waals surface area contributed by atoms with E-state index in [9.17, 15) is 4.79 Å². The number of aromatic nitrogens is 1. The first-order chi connectivity index (χ1) is 14.0. The molecular formula is C23H27N5O. The molecule has 0 unspecified atom stereocenters. The van der Waals surface area contributed by atoms with Gasteiger partial charge in [-0.05, 0) is 43.2 Å². The number of amides is 1. The van der Waals surface area contributed by atoms with Crippen molar-refractivity contribution < 1.29 is 4.79 Å². The maximum absolute atomic E-state index is 13.2. The summed E-state index contributed by atoms with van der Waals surface area (Å²) in [6, 6.07) is 15.7. The lowest BCUT2D eigenvalue weighted by atomic mass is 10.0. The maximum Gasteiger partial charge on any atom is 0.254 e. The molecule has 6 heteroatoms. The summed E-state index contributed by atoms with van der Waals surface area (Å²) < 4.78 is 0. The minimum absolute atomic E-state index is 0.0649. The topological polar surface area (TPSA) is 65.7 Å². The van der Waals surface area contributed by atoms with E-state index >= 15 is 0 Å². The molecule has 0 bridgehead atoms. The molecule has 2 aromatic carbocycles. The summed E-state index contributed by atoms with van der Waals surface area (Å²) in [4.78, 5) is 24.1. The van der Waals surface area contributed by atoms with Gasteiger partial charge in [0.15, 0.2) is 0 Å². The Balaban J connectivity index is 1.45. The molecule has 0 aliphatic carbocycles. The molecule has 1 saturated heterocycles. The molecule has 0 saturated carbocycles. The average molecular weight is 390 g/mol. The predicted molar refractivity (Wildman–Crippen MR) is 118 cm³/mol. The van der Waals surface area contributed by atoms with Crippen LogP contribution < -0.4 is 10.6 Å². The third-order valence-electron chi connectivity index (χ3n) is 5.39. The number of hydrogen-bond acceptors (Lipinski definition) is 5. The van der Waals surface area contributed by atoms with Gasteiger partial charge in [-0.2, -0.15) is 0 Å². The monoisotopic (exact) mass is 389 g/mol. The van der Waals surface area contributed by atoms with Crippen molar-refractivity contribution in [3.05, 3.63) is 65.9 Å². The number of benzene rings is 2. The Kier molecular flexibility index (Phi) is 5.36. The van der Waals surface area contributed by atoms with Crippen LogP contribution in [0.3, 0.4) is 0 Å². The van der Waals surface area contributed by atoms with Gasteiger partial charge in [0.25, 0.3) is 5.91 Å². The second kappa shape index (κ2) is 8.09. The Morgan fingerprint density at radius 2 is 1.72 bits per heavy atom. The zero-order chi connectivity index (χ0) is 20.4. The molecule has 0 atom stereocenters. The van der Waals surface area contributed by atoms with Crippen molar-refractivity contribution in [2.45, 2.75) is 6.54 Å². The van der Waals surface area contributed by atoms with E-state index in [0.717, 1.165) is 41.8 Å². The van der Waals surface area contributed by atoms with Gasteiger partial charge in [-0.3, -0.25) is 4.79 Å². The van der Waals surface area contributed by atoms with Crippen molar-refractivity contribution in [2.75, 3.05) is 50.9 Å². The standard InChI is InChI=1S/C23H27N5O/c1-26(2)16-17-9-10-22(25-15-17)27-11-13-28(14-12-27)23(29)20-7-3-6-19-18(20)5-4-8-21(19)24/h3-10,15H,11-14,16,24H2,1-2H3. The minimum atomic E-state index is 0.0649. The second-order valence-electron chi connectivity index (χ2n) is 7.79. The van der Waals surface area contributed by atoms with E-state index in [1.165, 1.54) is 5.56 Å². The fourth-order valence-electron chi connectivity index (χ4n) is 3.89. The fraction of sp³-hybridized carbons (Fsp3) is 0.304. The lowest BCUT2D eigenvalue weighted by Crippen LogP contribution is -2.49. The van der Waals surface area contributed by atoms with E-state index in [0.29, 0.717) is 18.8 Å². The van der Waals surface area contributed by atoms with Crippen LogP contribution in [0.4, 0.5) is 11.5 Å². The summed E-state index contributed by atoms with van der Waals surface area (Å²) in [6.07, 6.45) is 1.94. The molecule has 150 valence electrons. The number of nitrogen functional groups attached to an aromatic ring is 1. The van der Waals surface area contributed by atoms with Crippen molar-refractivity contribution >= 4 is 28.2 Å². The lowest BCUT2D eigenvalue weighted by Gasteiger charge is -2.35. The number of pyridine rings is 1. The van der Waals surface area contributed by atoms with Gasteiger partial charge in [0.05, 0.1) is 0 Å². The number of rotatable bonds is 4. The summed E-state index contributed by atoms with van der Waals surface area (Å²) in [5.41, 5.74) is 8.70. The van der Waals surface area contributed by atoms with E-state index in [4.69, 9.17) is 5.73 Å². The number of nitrogens with two attached hydrogens (primary N) is 1. The van der Waals surface area contributed by atoms with Crippen LogP contribution in [0.15, 0.2) is 54.7 Å². The highest BCUT2D eigenvalue weighted by atomic mass is 16.2. The van der Waals surface area contributed by atoms with Crippen molar-refractivity contribution in [3.8, 4) is 0 Å². The number of carbonyl (C=O) groups is 1. The minimum Gasteiger partial charge on any atom is -0.398 e. The van der Waals surface area contributed by atoms with Gasteiger partial charge in [0, 0.05) is 55.6 Å². The Morgan fingerprint density at radius 3 is 2.41 bits per heavy atom. The number of nitrogens with zero attached hydrogens (tertiary/aromatic N) is 4. The first-order valence-electron chi connectivity index (χ1n) is 9.94. The quantitative estimate of drug-likeness (QED) is 0.695. The Morgan fingerprint density at radius 1 is 1.00 bits per heavy atom. The number of fused-ring (bicyclic) bond motifs is 1. The summed E-state index contributed by atoms with van der Waals surface area (Å²) >= 11 is 0. The van der Waals surface area contributed by atoms with Crippen LogP contribution in [0.2, 0.25) is 0 Å². The Hall–Kier alpha value is -3.12. The molecule has 1 fully saturated rings. The van der Waals surface area contributed by atoms with Gasteiger partial charge in [0.1, 0.15) is 5.82 Å². The van der Waals surface area contributed by atoms with Crippen LogP contribution in [0.25, 0.3) is 10.8 Å². The van der Waals surface area contributed by atoms with Gasteiger partial charge in [-0.25, -0.2) is 4.98 Å². The highest BCUT2D eigenvalue weighted by Gasteiger charge is 2.24. The zero-order valence-corrected chi connectivity index (χ0v) is 17.0. The summed E-state index contributed by atoms with van der Waals surface area (Å²) in [5, 5.41) is 1.84. The molecule has 1 aliphatic heterocycles. The molecule has 1 aliphatic rings. The molecule has 3 aromatic rings. The largest absolute Gasteiger partial charge is 0.398 e. The van der Waals surface area contributed by atoms with Gasteiger partial charge in [-0.1, -0.05) is 30.3 Å². The number of piperazine rings is 1. The molecule has 2 N–H and O–H groups in total. The van der Waals surface area contributed by atoms with Gasteiger partial charge < -0.3 is 20.4 Å². The van der Waals surface area contributed by atoms with Crippen LogP contribution in [-0.2, 0) is 6.54 Å². The number of anilines is 2. The third-order valence-corrected chi connectivity index (χ3v) is 5.39. The van der Waals surface area contributed by atoms with Crippen LogP contribution in [0.1, 0.15) is 15.9 Å². The van der Waals surface area contributed by atoms with E-state index in [2.05, 4.69) is 41.0 Å². The van der Waals surface area contributed by atoms with E-state index < -0.39 is 0 Å². The molecule has 0 spiro atoms. The van der Waals surface area contributed by atoms with Crippen LogP contribution in [-0.4, -0.2) is 61.0 Å². The average Bonchev–Trinajstić information content (AvgIpc) is 2.73. The molecular weight excluding hydrogens is 362 g/mol. The van der Waals surface area contributed by atoms with E-state index in [1.807, 2.05) is 47.5 Å². The molecule has 0 radical (unpaired) electrons. The van der Waals surface area contributed by atoms with Crippen molar-refractivity contribution in [3.63, 3.8) is 0 Å². The molecule has 6 nitrogen and oxygen atoms in total. The zero-order valence-electron chi connectivity index (χ0n) is 17.0. The predicted octanol–water partition coefficient (Wildman–Crippen LogP) is 2.84. The first-order valence-corrected chi connectivity index (χ1v) is 9.94. The SMILES string of the molecule is CN(C)Cc1ccc(N2CCN(C(=O)c3cccc4c(N)cccc34)CC2)nc1. The van der Waals surface area contributed by atoms with Gasteiger partial charge in [-0.15, -0.1) is 0 Å². The fourth-order valence-corrected chi connectivity index (χ4v) is 3.89. The van der Waals surface area contributed by atoms with Crippen molar-refractivity contribution in [1.82, 2.24) is 14.8 Å². The summed E-state index contributed by atoms with van der Waals surface area (Å²) in [5.74, 6) is 1.03. The maximum atomic E-state index is 13.2. The number of carbonyl (C=O) groups excluding carboxylic acids is 1. The van der Waals surface area contributed by atoms with Gasteiger partial charge >= 0.3 is 0 Å². The van der Waals surface area contributed by atoms with E-state index in [-0.39, 0.29) is 5.91 Å². The van der Waals surface area contributed by atoms with E-state index in [1.54, 1.807) is 0 Å². The smallest absolute Gasteiger partial charge is 0.254 e. The summed E-state index contributed by atoms with van der Waals surface area (Å²) in [7, 11) is 4.10. The number of hydrogen-bond donors (Lipinski definition) is 1. The normalized spacial score (nSPS) is 14.6. The first kappa shape index (κ1) is 19.2. The molecule has 1 aromatic heterocycles. The molecule has 1 amide bonds. The lowest BCUT2D eigenvalue weighted by molar-refractivity contribution is 0.0748. The second-order valence-corrected chi connectivity index (χ2v) is 7.79. The highest BCUT2D eigenvalue weighted by Crippen LogP contribution is 2.25. The van der Waals surface area contributed by atoms with Crippen LogP contribution >= 0.6 is 0 Å². The highest BCUT2D eigenvalue weighted by molar-refractivity contribution is 6.09. The Bertz CT molecular complexity index is 1010. The Labute approximate surface area is 171 Å². The van der Waals surface area contributed by atoms with Gasteiger partial charge in [0.2, 0.25) is 0 Å². The van der Waals surface area contributed by atoms with Crippen LogP contribution in [0, 0.1) is 0 Å².